The maximum Gasteiger partial charge on any atom is 0.337 e. The number of anilines is 1. The lowest BCUT2D eigenvalue weighted by atomic mass is 10.1. The number of amides is 4. The van der Waals surface area contributed by atoms with Crippen LogP contribution in [0.5, 0.6) is 11.5 Å². The van der Waals surface area contributed by atoms with Crippen LogP contribution in [0.4, 0.5) is 10.5 Å². The van der Waals surface area contributed by atoms with Crippen molar-refractivity contribution in [1.82, 2.24) is 5.32 Å². The number of methoxy groups -OCH3 is 1. The first-order valence-corrected chi connectivity index (χ1v) is 13.2. The quantitative estimate of drug-likeness (QED) is 0.205. The van der Waals surface area contributed by atoms with Gasteiger partial charge in [-0.2, -0.15) is 0 Å². The first-order chi connectivity index (χ1) is 19.1. The van der Waals surface area contributed by atoms with Crippen LogP contribution in [0.3, 0.4) is 0 Å². The monoisotopic (exact) mass is 606 g/mol. The number of carbonyl (C=O) groups excluding carboxylic acids is 4. The SMILES string of the molecule is CCOc1cc(/C=C2\C(=O)NC(=O)N(c3ccc(C(=O)OC)cc3)C2=O)cc(Br)c1OCc1cc(C)cc(C)c1. The first-order valence-electron chi connectivity index (χ1n) is 12.4. The van der Waals surface area contributed by atoms with Crippen LogP contribution in [-0.2, 0) is 20.9 Å². The number of aryl methyl sites for hydroxylation is 2. The molecule has 0 unspecified atom stereocenters. The van der Waals surface area contributed by atoms with Gasteiger partial charge in [-0.25, -0.2) is 14.5 Å². The Labute approximate surface area is 239 Å². The number of ether oxygens (including phenoxy) is 3. The summed E-state index contributed by atoms with van der Waals surface area (Å²) in [7, 11) is 1.25. The molecule has 0 radical (unpaired) electrons. The van der Waals surface area contributed by atoms with E-state index < -0.39 is 23.8 Å². The molecule has 206 valence electrons. The molecule has 10 heteroatoms. The minimum absolute atomic E-state index is 0.180. The maximum atomic E-state index is 13.3. The maximum absolute atomic E-state index is 13.3. The summed E-state index contributed by atoms with van der Waals surface area (Å²) in [5, 5.41) is 2.19. The highest BCUT2D eigenvalue weighted by Crippen LogP contribution is 2.38. The molecule has 0 atom stereocenters. The van der Waals surface area contributed by atoms with Gasteiger partial charge in [0.1, 0.15) is 12.2 Å². The Morgan fingerprint density at radius 1 is 0.975 bits per heavy atom. The minimum Gasteiger partial charge on any atom is -0.490 e. The van der Waals surface area contributed by atoms with E-state index in [1.165, 1.54) is 37.5 Å². The molecule has 4 amide bonds. The van der Waals surface area contributed by atoms with E-state index in [0.717, 1.165) is 21.6 Å². The van der Waals surface area contributed by atoms with Gasteiger partial charge >= 0.3 is 12.0 Å². The molecule has 1 N–H and O–H groups in total. The summed E-state index contributed by atoms with van der Waals surface area (Å²) in [6.45, 7) is 6.55. The fraction of sp³-hybridized carbons (Fsp3) is 0.200. The van der Waals surface area contributed by atoms with Crippen molar-refractivity contribution in [2.24, 2.45) is 0 Å². The zero-order valence-electron chi connectivity index (χ0n) is 22.4. The highest BCUT2D eigenvalue weighted by atomic mass is 79.9. The third kappa shape index (κ3) is 6.23. The van der Waals surface area contributed by atoms with Crippen molar-refractivity contribution in [2.75, 3.05) is 18.6 Å². The molecule has 40 heavy (non-hydrogen) atoms. The van der Waals surface area contributed by atoms with E-state index in [0.29, 0.717) is 34.7 Å². The van der Waals surface area contributed by atoms with Crippen molar-refractivity contribution in [3.05, 3.63) is 92.5 Å². The number of nitrogens with one attached hydrogen (secondary N) is 1. The third-order valence-electron chi connectivity index (χ3n) is 5.96. The fourth-order valence-electron chi connectivity index (χ4n) is 4.31. The normalized spacial score (nSPS) is 14.3. The summed E-state index contributed by atoms with van der Waals surface area (Å²) >= 11 is 3.53. The summed E-state index contributed by atoms with van der Waals surface area (Å²) in [6.07, 6.45) is 1.38. The second-order valence-corrected chi connectivity index (χ2v) is 9.90. The summed E-state index contributed by atoms with van der Waals surface area (Å²) in [4.78, 5) is 51.1. The zero-order chi connectivity index (χ0) is 29.0. The molecule has 1 heterocycles. The highest BCUT2D eigenvalue weighted by Gasteiger charge is 2.37. The van der Waals surface area contributed by atoms with E-state index in [1.54, 1.807) is 12.1 Å². The van der Waals surface area contributed by atoms with Gasteiger partial charge in [-0.3, -0.25) is 14.9 Å². The van der Waals surface area contributed by atoms with E-state index in [9.17, 15) is 19.2 Å². The lowest BCUT2D eigenvalue weighted by molar-refractivity contribution is -0.122. The molecule has 9 nitrogen and oxygen atoms in total. The zero-order valence-corrected chi connectivity index (χ0v) is 24.0. The van der Waals surface area contributed by atoms with Crippen molar-refractivity contribution >= 4 is 51.5 Å². The van der Waals surface area contributed by atoms with Crippen molar-refractivity contribution in [2.45, 2.75) is 27.4 Å². The van der Waals surface area contributed by atoms with Crippen molar-refractivity contribution < 1.29 is 33.4 Å². The van der Waals surface area contributed by atoms with Gasteiger partial charge in [0, 0.05) is 0 Å². The standard InChI is InChI=1S/C30H27BrN2O7/c1-5-39-25-15-19(14-24(31)26(25)40-16-20-11-17(2)10-18(3)12-20)13-23-27(34)32-30(37)33(28(23)35)22-8-6-21(7-9-22)29(36)38-4/h6-15H,5,16H2,1-4H3,(H,32,34,37)/b23-13+. The van der Waals surface area contributed by atoms with E-state index in [-0.39, 0.29) is 16.8 Å². The number of hydrogen-bond acceptors (Lipinski definition) is 7. The van der Waals surface area contributed by atoms with Gasteiger partial charge in [-0.15, -0.1) is 0 Å². The lowest BCUT2D eigenvalue weighted by Gasteiger charge is -2.26. The largest absolute Gasteiger partial charge is 0.490 e. The Hall–Kier alpha value is -4.44. The van der Waals surface area contributed by atoms with E-state index >= 15 is 0 Å². The molecule has 0 bridgehead atoms. The summed E-state index contributed by atoms with van der Waals surface area (Å²) in [6, 6.07) is 14.3. The predicted octanol–water partition coefficient (Wildman–Crippen LogP) is 5.50. The second-order valence-electron chi connectivity index (χ2n) is 9.04. The lowest BCUT2D eigenvalue weighted by Crippen LogP contribution is -2.54. The van der Waals surface area contributed by atoms with Crippen LogP contribution in [0, 0.1) is 13.8 Å². The average molecular weight is 607 g/mol. The van der Waals surface area contributed by atoms with Gasteiger partial charge in [-0.1, -0.05) is 29.3 Å². The summed E-state index contributed by atoms with van der Waals surface area (Å²) in [5.41, 5.74) is 3.92. The van der Waals surface area contributed by atoms with Gasteiger partial charge in [0.05, 0.1) is 29.4 Å². The summed E-state index contributed by atoms with van der Waals surface area (Å²) in [5.74, 6) is -1.31. The summed E-state index contributed by atoms with van der Waals surface area (Å²) < 4.78 is 17.2. The van der Waals surface area contributed by atoms with Gasteiger partial charge in [0.2, 0.25) is 0 Å². The smallest absolute Gasteiger partial charge is 0.337 e. The van der Waals surface area contributed by atoms with Gasteiger partial charge in [0.25, 0.3) is 11.8 Å². The molecule has 1 aliphatic rings. The fourth-order valence-corrected chi connectivity index (χ4v) is 4.88. The second kappa shape index (κ2) is 12.2. The van der Waals surface area contributed by atoms with Crippen LogP contribution < -0.4 is 19.7 Å². The molecule has 1 fully saturated rings. The number of hydrogen-bond donors (Lipinski definition) is 1. The Bertz CT molecular complexity index is 1510. The molecule has 1 saturated heterocycles. The van der Waals surface area contributed by atoms with Crippen molar-refractivity contribution in [3.8, 4) is 11.5 Å². The van der Waals surface area contributed by atoms with Crippen LogP contribution >= 0.6 is 15.9 Å². The highest BCUT2D eigenvalue weighted by molar-refractivity contribution is 9.10. The van der Waals surface area contributed by atoms with Crippen LogP contribution in [0.1, 0.15) is 39.5 Å². The Balaban J connectivity index is 1.64. The molecule has 3 aromatic carbocycles. The molecule has 0 spiro atoms. The Morgan fingerprint density at radius 3 is 2.27 bits per heavy atom. The van der Waals surface area contributed by atoms with E-state index in [4.69, 9.17) is 9.47 Å². The van der Waals surface area contributed by atoms with Crippen LogP contribution in [0.25, 0.3) is 6.08 Å². The van der Waals surface area contributed by atoms with Gasteiger partial charge in [-0.05, 0) is 90.3 Å². The predicted molar refractivity (Wildman–Crippen MR) is 152 cm³/mol. The van der Waals surface area contributed by atoms with E-state index in [1.807, 2.05) is 32.9 Å². The number of urea groups is 1. The number of rotatable bonds is 8. The van der Waals surface area contributed by atoms with Gasteiger partial charge < -0.3 is 14.2 Å². The third-order valence-corrected chi connectivity index (χ3v) is 6.54. The number of nitrogens with zero attached hydrogens (tertiary/aromatic N) is 1. The number of carbonyl (C=O) groups is 4. The van der Waals surface area contributed by atoms with E-state index in [2.05, 4.69) is 32.0 Å². The molecule has 0 aliphatic carbocycles. The molecule has 4 rings (SSSR count). The first kappa shape index (κ1) is 28.6. The Kier molecular flexibility index (Phi) is 8.69. The van der Waals surface area contributed by atoms with Crippen molar-refractivity contribution in [3.63, 3.8) is 0 Å². The van der Waals surface area contributed by atoms with Crippen LogP contribution in [0.15, 0.2) is 64.6 Å². The molecule has 1 aliphatic heterocycles. The van der Waals surface area contributed by atoms with Crippen molar-refractivity contribution in [1.29, 1.82) is 0 Å². The molecule has 0 saturated carbocycles. The number of benzene rings is 3. The van der Waals surface area contributed by atoms with Crippen LogP contribution in [0.2, 0.25) is 0 Å². The molecular formula is C30H27BrN2O7. The van der Waals surface area contributed by atoms with Gasteiger partial charge in [0.15, 0.2) is 11.5 Å². The average Bonchev–Trinajstić information content (AvgIpc) is 2.90. The number of barbiturate groups is 1. The number of halogens is 1. The Morgan fingerprint density at radius 2 is 1.65 bits per heavy atom. The molecular weight excluding hydrogens is 580 g/mol. The van der Waals surface area contributed by atoms with Crippen LogP contribution in [-0.4, -0.2) is 37.5 Å². The topological polar surface area (TPSA) is 111 Å². The molecule has 0 aromatic heterocycles. The number of esters is 1. The molecule has 3 aromatic rings. The minimum atomic E-state index is -0.899. The number of imide groups is 2.